The molecule has 0 unspecified atom stereocenters. The van der Waals surface area contributed by atoms with Gasteiger partial charge in [-0.25, -0.2) is 17.6 Å². The molecule has 0 spiro atoms. The number of rotatable bonds is 2. The molecule has 0 fully saturated rings. The maximum atomic E-state index is 12.7. The summed E-state index contributed by atoms with van der Waals surface area (Å²) in [5.74, 6) is -7.43. The Labute approximate surface area is 341 Å². The monoisotopic (exact) mass is 783 g/mol. The third-order valence-corrected chi connectivity index (χ3v) is 10.2. The van der Waals surface area contributed by atoms with Gasteiger partial charge in [0, 0.05) is 29.7 Å². The second-order valence-electron chi connectivity index (χ2n) is 13.6. The minimum absolute atomic E-state index is 0.707. The minimum Gasteiger partial charge on any atom is -0.350 e. The molecule has 1 aliphatic rings. The van der Waals surface area contributed by atoms with E-state index in [-0.39, 0.29) is 0 Å². The van der Waals surface area contributed by atoms with Crippen LogP contribution in [0.25, 0.3) is 27.6 Å². The van der Waals surface area contributed by atoms with E-state index in [4.69, 9.17) is 21.0 Å². The van der Waals surface area contributed by atoms with Gasteiger partial charge in [-0.3, -0.25) is 0 Å². The van der Waals surface area contributed by atoms with Crippen molar-refractivity contribution in [2.75, 3.05) is 0 Å². The normalized spacial score (nSPS) is 10.8. The van der Waals surface area contributed by atoms with Crippen LogP contribution < -0.4 is 0 Å². The van der Waals surface area contributed by atoms with Crippen LogP contribution in [-0.4, -0.2) is 4.57 Å². The Morgan fingerprint density at radius 2 is 0.881 bits per heavy atom. The van der Waals surface area contributed by atoms with Gasteiger partial charge in [0.05, 0.1) is 23.3 Å². The van der Waals surface area contributed by atoms with E-state index in [2.05, 4.69) is 145 Å². The number of halogens is 4. The van der Waals surface area contributed by atoms with Crippen molar-refractivity contribution in [2.24, 2.45) is 7.05 Å². The molecule has 0 radical (unpaired) electrons. The lowest BCUT2D eigenvalue weighted by Gasteiger charge is -2.12. The van der Waals surface area contributed by atoms with E-state index in [1.54, 1.807) is 0 Å². The number of nitriles is 4. The zero-order valence-electron chi connectivity index (χ0n) is 33.0. The molecule has 7 aromatic rings. The fourth-order valence-electron chi connectivity index (χ4n) is 6.84. The predicted octanol–water partition coefficient (Wildman–Crippen LogP) is 12.2. The van der Waals surface area contributed by atoms with Crippen LogP contribution in [-0.2, 0) is 13.5 Å². The number of hydrogen-bond acceptors (Lipinski definition) is 4. The SMILES string of the molecule is C1=C(c2ccccc2)c2ccccc2C1.Cc1c(C)c(C#N)c(C)c(C)c1C#N.Cn1cc(-c2ccccc2)c2ccccc21.N#Cc1c(F)c(F)c(C#N)c(F)c1F. The number of para-hydroxylation sites is 1. The van der Waals surface area contributed by atoms with E-state index < -0.39 is 34.4 Å². The molecule has 0 N–H and O–H groups in total. The molecule has 0 atom stereocenters. The lowest BCUT2D eigenvalue weighted by atomic mass is 9.90. The summed E-state index contributed by atoms with van der Waals surface area (Å²) >= 11 is 0. The molecule has 59 heavy (non-hydrogen) atoms. The number of allylic oxidation sites excluding steroid dienone is 1. The fourth-order valence-corrected chi connectivity index (χ4v) is 6.84. The van der Waals surface area contributed by atoms with Crippen LogP contribution >= 0.6 is 0 Å². The minimum atomic E-state index is -1.86. The van der Waals surface area contributed by atoms with E-state index in [1.165, 1.54) is 44.3 Å². The second kappa shape index (κ2) is 18.9. The summed E-state index contributed by atoms with van der Waals surface area (Å²) in [6.45, 7) is 7.56. The van der Waals surface area contributed by atoms with Gasteiger partial charge in [-0.2, -0.15) is 21.0 Å². The van der Waals surface area contributed by atoms with E-state index in [0.717, 1.165) is 40.8 Å². The zero-order valence-corrected chi connectivity index (χ0v) is 33.0. The van der Waals surface area contributed by atoms with Gasteiger partial charge in [0.2, 0.25) is 0 Å². The Morgan fingerprint density at radius 3 is 1.36 bits per heavy atom. The summed E-state index contributed by atoms with van der Waals surface area (Å²) in [6, 6.07) is 44.6. The molecule has 0 saturated heterocycles. The topological polar surface area (TPSA) is 100 Å². The summed E-state index contributed by atoms with van der Waals surface area (Å²) in [5.41, 5.74) is 11.8. The van der Waals surface area contributed by atoms with Gasteiger partial charge in [-0.1, -0.05) is 109 Å². The average molecular weight is 784 g/mol. The largest absolute Gasteiger partial charge is 0.350 e. The van der Waals surface area contributed by atoms with E-state index in [9.17, 15) is 17.6 Å². The Balaban J connectivity index is 0.000000150. The average Bonchev–Trinajstić information content (AvgIpc) is 3.86. The van der Waals surface area contributed by atoms with Gasteiger partial charge in [0.25, 0.3) is 0 Å². The number of aryl methyl sites for hydroxylation is 1. The third kappa shape index (κ3) is 8.82. The standard InChI is InChI=1S/C15H13N.C15H12.C12H12N2.C8F4N2/c1-16-11-14(12-7-3-2-4-8-12)13-9-5-6-10-15(13)16;1-2-6-12(7-3-1)15-11-10-13-8-4-5-9-14(13)15;1-7-8(2)12(6-14)10(4)9(3)11(7)5-13;9-5-3(1-13)6(10)8(12)4(2-14)7(5)11/h2-11H,1H3;1-9,11H,10H2;1-4H3;. The summed E-state index contributed by atoms with van der Waals surface area (Å²) in [7, 11) is 2.09. The van der Waals surface area contributed by atoms with Crippen molar-refractivity contribution >= 4 is 16.5 Å². The number of benzene rings is 6. The van der Waals surface area contributed by atoms with Crippen molar-refractivity contribution in [3.05, 3.63) is 206 Å². The van der Waals surface area contributed by atoms with Crippen molar-refractivity contribution in [3.63, 3.8) is 0 Å². The van der Waals surface area contributed by atoms with Gasteiger partial charge in [0.15, 0.2) is 23.3 Å². The highest BCUT2D eigenvalue weighted by atomic mass is 19.2. The molecule has 1 heterocycles. The quantitative estimate of drug-likeness (QED) is 0.129. The van der Waals surface area contributed by atoms with E-state index in [0.29, 0.717) is 11.1 Å². The predicted molar refractivity (Wildman–Crippen MR) is 223 cm³/mol. The van der Waals surface area contributed by atoms with Gasteiger partial charge < -0.3 is 4.57 Å². The van der Waals surface area contributed by atoms with Crippen molar-refractivity contribution in [1.29, 1.82) is 21.0 Å². The number of fused-ring (bicyclic) bond motifs is 2. The molecular weight excluding hydrogens is 747 g/mol. The first-order valence-corrected chi connectivity index (χ1v) is 18.4. The molecule has 6 aromatic carbocycles. The Morgan fingerprint density at radius 1 is 0.475 bits per heavy atom. The molecule has 1 aliphatic carbocycles. The number of aromatic nitrogens is 1. The van der Waals surface area contributed by atoms with Crippen LogP contribution in [0, 0.1) is 96.3 Å². The van der Waals surface area contributed by atoms with Crippen LogP contribution in [0.1, 0.15) is 61.2 Å². The molecule has 1 aromatic heterocycles. The number of hydrogen-bond donors (Lipinski definition) is 0. The Kier molecular flexibility index (Phi) is 13.6. The Hall–Kier alpha value is -7.72. The van der Waals surface area contributed by atoms with Crippen LogP contribution in [0.15, 0.2) is 121 Å². The molecule has 8 rings (SSSR count). The first-order chi connectivity index (χ1) is 28.4. The van der Waals surface area contributed by atoms with Crippen molar-refractivity contribution < 1.29 is 17.6 Å². The fraction of sp³-hybridized carbons (Fsp3) is 0.120. The zero-order chi connectivity index (χ0) is 42.8. The summed E-state index contributed by atoms with van der Waals surface area (Å²) in [4.78, 5) is 0. The van der Waals surface area contributed by atoms with Crippen LogP contribution in [0.3, 0.4) is 0 Å². The summed E-state index contributed by atoms with van der Waals surface area (Å²) in [6.07, 6.45) is 5.58. The third-order valence-electron chi connectivity index (χ3n) is 10.2. The van der Waals surface area contributed by atoms with Crippen molar-refractivity contribution in [2.45, 2.75) is 34.1 Å². The Bertz CT molecular complexity index is 2640. The first-order valence-electron chi connectivity index (χ1n) is 18.4. The van der Waals surface area contributed by atoms with Gasteiger partial charge in [0.1, 0.15) is 23.3 Å². The van der Waals surface area contributed by atoms with Crippen molar-refractivity contribution in [1.82, 2.24) is 4.57 Å². The lowest BCUT2D eigenvalue weighted by molar-refractivity contribution is 0.446. The maximum absolute atomic E-state index is 12.7. The number of nitrogens with zero attached hydrogens (tertiary/aromatic N) is 5. The first kappa shape index (κ1) is 42.4. The second-order valence-corrected chi connectivity index (χ2v) is 13.6. The molecule has 290 valence electrons. The molecule has 0 aliphatic heterocycles. The van der Waals surface area contributed by atoms with E-state index in [1.807, 2.05) is 27.7 Å². The van der Waals surface area contributed by atoms with Gasteiger partial charge >= 0.3 is 0 Å². The highest BCUT2D eigenvalue weighted by molar-refractivity contribution is 5.96. The molecule has 0 amide bonds. The molecule has 5 nitrogen and oxygen atoms in total. The lowest BCUT2D eigenvalue weighted by Crippen LogP contribution is -2.04. The highest BCUT2D eigenvalue weighted by Gasteiger charge is 2.25. The van der Waals surface area contributed by atoms with Gasteiger partial charge in [-0.15, -0.1) is 0 Å². The molecule has 0 bridgehead atoms. The van der Waals surface area contributed by atoms with Crippen molar-refractivity contribution in [3.8, 4) is 35.4 Å². The molecule has 0 saturated carbocycles. The van der Waals surface area contributed by atoms with Crippen LogP contribution in [0.2, 0.25) is 0 Å². The molecular formula is C50H37F4N5. The molecule has 9 heteroatoms. The maximum Gasteiger partial charge on any atom is 0.181 e. The summed E-state index contributed by atoms with van der Waals surface area (Å²) < 4.78 is 53.1. The van der Waals surface area contributed by atoms with Crippen LogP contribution in [0.5, 0.6) is 0 Å². The summed E-state index contributed by atoms with van der Waals surface area (Å²) in [5, 5.41) is 35.6. The van der Waals surface area contributed by atoms with Gasteiger partial charge in [-0.05, 0) is 90.3 Å². The van der Waals surface area contributed by atoms with Crippen LogP contribution in [0.4, 0.5) is 17.6 Å². The smallest absolute Gasteiger partial charge is 0.181 e. The van der Waals surface area contributed by atoms with E-state index >= 15 is 0 Å². The highest BCUT2D eigenvalue weighted by Crippen LogP contribution is 2.33.